The predicted molar refractivity (Wildman–Crippen MR) is 70.6 cm³/mol. The molecular formula is C13H20N2O3. The first kappa shape index (κ1) is 14.6. The third-order valence-corrected chi connectivity index (χ3v) is 2.89. The zero-order chi connectivity index (χ0) is 13.5. The Kier molecular flexibility index (Phi) is 5.74. The van der Waals surface area contributed by atoms with Gasteiger partial charge in [0.25, 0.3) is 5.69 Å². The second kappa shape index (κ2) is 7.08. The molecule has 100 valence electrons. The number of para-hydroxylation sites is 1. The quantitative estimate of drug-likeness (QED) is 0.598. The first-order valence-corrected chi connectivity index (χ1v) is 6.04. The lowest BCUT2D eigenvalue weighted by Gasteiger charge is -2.20. The van der Waals surface area contributed by atoms with E-state index in [4.69, 9.17) is 4.74 Å². The van der Waals surface area contributed by atoms with E-state index in [1.54, 1.807) is 19.2 Å². The highest BCUT2D eigenvalue weighted by Gasteiger charge is 2.18. The van der Waals surface area contributed by atoms with Crippen molar-refractivity contribution in [2.75, 3.05) is 13.7 Å². The third kappa shape index (κ3) is 4.09. The Balaban J connectivity index is 2.71. The molecule has 0 aliphatic carbocycles. The van der Waals surface area contributed by atoms with E-state index in [1.165, 1.54) is 6.07 Å². The summed E-state index contributed by atoms with van der Waals surface area (Å²) < 4.78 is 5.01. The average Bonchev–Trinajstić information content (AvgIpc) is 2.36. The second-order valence-corrected chi connectivity index (χ2v) is 4.39. The molecule has 2 atom stereocenters. The predicted octanol–water partition coefficient (Wildman–Crippen LogP) is 2.67. The number of ether oxygens (including phenoxy) is 1. The van der Waals surface area contributed by atoms with Gasteiger partial charge in [0.05, 0.1) is 4.92 Å². The first-order chi connectivity index (χ1) is 8.56. The Hall–Kier alpha value is -1.46. The smallest absolute Gasteiger partial charge is 0.274 e. The number of nitro groups is 1. The van der Waals surface area contributed by atoms with Crippen molar-refractivity contribution in [3.05, 3.63) is 39.9 Å². The molecule has 0 spiro atoms. The summed E-state index contributed by atoms with van der Waals surface area (Å²) in [6.07, 6.45) is 0.876. The van der Waals surface area contributed by atoms with Crippen molar-refractivity contribution < 1.29 is 9.66 Å². The van der Waals surface area contributed by atoms with E-state index >= 15 is 0 Å². The van der Waals surface area contributed by atoms with Crippen LogP contribution in [0.25, 0.3) is 0 Å². The van der Waals surface area contributed by atoms with Crippen LogP contribution in [0.4, 0.5) is 5.69 Å². The molecule has 1 aromatic rings. The highest BCUT2D eigenvalue weighted by Crippen LogP contribution is 2.24. The molecule has 0 heterocycles. The first-order valence-electron chi connectivity index (χ1n) is 6.04. The molecule has 0 saturated heterocycles. The summed E-state index contributed by atoms with van der Waals surface area (Å²) in [5.74, 6) is 0. The van der Waals surface area contributed by atoms with Crippen LogP contribution in [-0.2, 0) is 4.74 Å². The van der Waals surface area contributed by atoms with Gasteiger partial charge < -0.3 is 10.1 Å². The maximum absolute atomic E-state index is 10.9. The van der Waals surface area contributed by atoms with Gasteiger partial charge in [0, 0.05) is 37.4 Å². The lowest BCUT2D eigenvalue weighted by atomic mass is 10.0. The van der Waals surface area contributed by atoms with Gasteiger partial charge in [-0.1, -0.05) is 18.2 Å². The van der Waals surface area contributed by atoms with Crippen molar-refractivity contribution in [3.8, 4) is 0 Å². The van der Waals surface area contributed by atoms with Gasteiger partial charge in [0.2, 0.25) is 0 Å². The molecule has 0 amide bonds. The van der Waals surface area contributed by atoms with Gasteiger partial charge in [-0.3, -0.25) is 10.1 Å². The Labute approximate surface area is 107 Å². The van der Waals surface area contributed by atoms with Crippen LogP contribution in [0.15, 0.2) is 24.3 Å². The van der Waals surface area contributed by atoms with Crippen LogP contribution >= 0.6 is 0 Å². The summed E-state index contributed by atoms with van der Waals surface area (Å²) in [4.78, 5) is 10.6. The largest absolute Gasteiger partial charge is 0.385 e. The van der Waals surface area contributed by atoms with Gasteiger partial charge in [0.15, 0.2) is 0 Å². The SMILES string of the molecule is COCCC(C)NC(C)c1ccccc1[N+](=O)[O-]. The monoisotopic (exact) mass is 252 g/mol. The van der Waals surface area contributed by atoms with Gasteiger partial charge in [-0.2, -0.15) is 0 Å². The van der Waals surface area contributed by atoms with Gasteiger partial charge in [-0.05, 0) is 20.3 Å². The minimum atomic E-state index is -0.340. The molecule has 2 unspecified atom stereocenters. The van der Waals surface area contributed by atoms with Gasteiger partial charge in [-0.25, -0.2) is 0 Å². The molecule has 18 heavy (non-hydrogen) atoms. The third-order valence-electron chi connectivity index (χ3n) is 2.89. The zero-order valence-corrected chi connectivity index (χ0v) is 11.1. The lowest BCUT2D eigenvalue weighted by molar-refractivity contribution is -0.385. The number of hydrogen-bond acceptors (Lipinski definition) is 4. The topological polar surface area (TPSA) is 64.4 Å². The van der Waals surface area contributed by atoms with Gasteiger partial charge in [0.1, 0.15) is 0 Å². The van der Waals surface area contributed by atoms with E-state index in [9.17, 15) is 10.1 Å². The molecule has 0 aliphatic rings. The average molecular weight is 252 g/mol. The molecule has 0 radical (unpaired) electrons. The number of hydrogen-bond donors (Lipinski definition) is 1. The standard InChI is InChI=1S/C13H20N2O3/c1-10(8-9-18-3)14-11(2)12-6-4-5-7-13(12)15(16)17/h4-7,10-11,14H,8-9H2,1-3H3. The van der Waals surface area contributed by atoms with Crippen LogP contribution in [0.2, 0.25) is 0 Å². The number of nitrogens with zero attached hydrogens (tertiary/aromatic N) is 1. The Morgan fingerprint density at radius 3 is 2.67 bits per heavy atom. The molecule has 0 saturated carbocycles. The Bertz CT molecular complexity index is 396. The fourth-order valence-electron chi connectivity index (χ4n) is 1.91. The maximum Gasteiger partial charge on any atom is 0.274 e. The van der Waals surface area contributed by atoms with E-state index in [2.05, 4.69) is 5.32 Å². The van der Waals surface area contributed by atoms with E-state index < -0.39 is 0 Å². The van der Waals surface area contributed by atoms with Crippen LogP contribution in [0.5, 0.6) is 0 Å². The Morgan fingerprint density at radius 2 is 2.06 bits per heavy atom. The molecule has 1 rings (SSSR count). The number of nitro benzene ring substituents is 1. The zero-order valence-electron chi connectivity index (χ0n) is 11.1. The van der Waals surface area contributed by atoms with Crippen molar-refractivity contribution in [2.45, 2.75) is 32.4 Å². The highest BCUT2D eigenvalue weighted by atomic mass is 16.6. The van der Waals surface area contributed by atoms with E-state index in [1.807, 2.05) is 19.9 Å². The molecule has 0 aromatic heterocycles. The van der Waals surface area contributed by atoms with Crippen LogP contribution in [-0.4, -0.2) is 24.7 Å². The van der Waals surface area contributed by atoms with Crippen molar-refractivity contribution in [1.82, 2.24) is 5.32 Å². The van der Waals surface area contributed by atoms with Gasteiger partial charge in [-0.15, -0.1) is 0 Å². The normalized spacial score (nSPS) is 14.2. The highest BCUT2D eigenvalue weighted by molar-refractivity contribution is 5.41. The summed E-state index contributed by atoms with van der Waals surface area (Å²) in [6.45, 7) is 4.66. The number of rotatable bonds is 7. The van der Waals surface area contributed by atoms with Crippen molar-refractivity contribution in [1.29, 1.82) is 0 Å². The molecule has 5 nitrogen and oxygen atoms in total. The van der Waals surface area contributed by atoms with Crippen LogP contribution in [0.3, 0.4) is 0 Å². The van der Waals surface area contributed by atoms with Crippen LogP contribution in [0.1, 0.15) is 31.9 Å². The molecule has 1 N–H and O–H groups in total. The fourth-order valence-corrected chi connectivity index (χ4v) is 1.91. The number of methoxy groups -OCH3 is 1. The lowest BCUT2D eigenvalue weighted by Crippen LogP contribution is -2.30. The van der Waals surface area contributed by atoms with E-state index in [0.29, 0.717) is 12.2 Å². The van der Waals surface area contributed by atoms with Crippen molar-refractivity contribution >= 4 is 5.69 Å². The fraction of sp³-hybridized carbons (Fsp3) is 0.538. The molecular weight excluding hydrogens is 232 g/mol. The molecule has 1 aromatic carbocycles. The van der Waals surface area contributed by atoms with Crippen molar-refractivity contribution in [3.63, 3.8) is 0 Å². The number of benzene rings is 1. The number of nitrogens with one attached hydrogen (secondary N) is 1. The summed E-state index contributed by atoms with van der Waals surface area (Å²) in [7, 11) is 1.66. The summed E-state index contributed by atoms with van der Waals surface area (Å²) in [5, 5.41) is 14.3. The van der Waals surface area contributed by atoms with Crippen LogP contribution < -0.4 is 5.32 Å². The molecule has 0 fully saturated rings. The van der Waals surface area contributed by atoms with Crippen LogP contribution in [0, 0.1) is 10.1 Å². The molecule has 0 bridgehead atoms. The molecule has 0 aliphatic heterocycles. The summed E-state index contributed by atoms with van der Waals surface area (Å²) in [6, 6.07) is 7.02. The van der Waals surface area contributed by atoms with Gasteiger partial charge >= 0.3 is 0 Å². The molecule has 5 heteroatoms. The van der Waals surface area contributed by atoms with E-state index in [0.717, 1.165) is 6.42 Å². The summed E-state index contributed by atoms with van der Waals surface area (Å²) >= 11 is 0. The second-order valence-electron chi connectivity index (χ2n) is 4.39. The van der Waals surface area contributed by atoms with E-state index in [-0.39, 0.29) is 22.7 Å². The minimum absolute atomic E-state index is 0.0570. The maximum atomic E-state index is 10.9. The van der Waals surface area contributed by atoms with Crippen molar-refractivity contribution in [2.24, 2.45) is 0 Å². The minimum Gasteiger partial charge on any atom is -0.385 e. The summed E-state index contributed by atoms with van der Waals surface area (Å²) in [5.41, 5.74) is 0.878. The Morgan fingerprint density at radius 1 is 1.39 bits per heavy atom.